The molecule has 2 aliphatic carbocycles. The van der Waals surface area contributed by atoms with Gasteiger partial charge in [-0.1, -0.05) is 48.0 Å². The maximum Gasteiger partial charge on any atom is 0.134 e. The molecule has 1 aromatic heterocycles. The normalized spacial score (nSPS) is 25.6. The van der Waals surface area contributed by atoms with Gasteiger partial charge in [0.2, 0.25) is 0 Å². The molecule has 0 spiro atoms. The number of hydrogen-bond acceptors (Lipinski definition) is 2. The Bertz CT molecular complexity index is 546. The molecule has 2 heteroatoms. The molecular formula is C19H30N2. The van der Waals surface area contributed by atoms with Gasteiger partial charge in [-0.15, -0.1) is 0 Å². The standard InChI is InChI=1S/C19H30N2/c1-18(2,3)16-14-10-12-8-7-9-13(12)11-15(14)20-17(21-16)19(4,5)6/h12-13H,7-11H2,1-6H3. The fourth-order valence-electron chi connectivity index (χ4n) is 4.03. The van der Waals surface area contributed by atoms with E-state index in [0.717, 1.165) is 17.7 Å². The van der Waals surface area contributed by atoms with E-state index in [-0.39, 0.29) is 10.8 Å². The van der Waals surface area contributed by atoms with Gasteiger partial charge in [0.25, 0.3) is 0 Å². The Hall–Kier alpha value is -0.920. The zero-order chi connectivity index (χ0) is 15.4. The predicted octanol–water partition coefficient (Wildman–Crippen LogP) is 4.59. The van der Waals surface area contributed by atoms with E-state index in [1.165, 1.54) is 49.1 Å². The van der Waals surface area contributed by atoms with Gasteiger partial charge in [0.1, 0.15) is 5.82 Å². The quantitative estimate of drug-likeness (QED) is 0.697. The second-order valence-corrected chi connectivity index (χ2v) is 9.18. The number of nitrogens with zero attached hydrogens (tertiary/aromatic N) is 2. The second kappa shape index (κ2) is 4.79. The summed E-state index contributed by atoms with van der Waals surface area (Å²) in [5.74, 6) is 2.80. The summed E-state index contributed by atoms with van der Waals surface area (Å²) in [5.41, 5.74) is 4.30. The molecule has 0 radical (unpaired) electrons. The molecule has 2 atom stereocenters. The first-order valence-electron chi connectivity index (χ1n) is 8.57. The minimum absolute atomic E-state index is 0.0293. The molecule has 0 N–H and O–H groups in total. The van der Waals surface area contributed by atoms with Crippen molar-refractivity contribution >= 4 is 0 Å². The first kappa shape index (κ1) is 15.0. The summed E-state index contributed by atoms with van der Waals surface area (Å²) in [6.07, 6.45) is 6.64. The largest absolute Gasteiger partial charge is 0.237 e. The van der Waals surface area contributed by atoms with Crippen molar-refractivity contribution in [2.75, 3.05) is 0 Å². The van der Waals surface area contributed by atoms with E-state index in [1.54, 1.807) is 0 Å². The first-order valence-corrected chi connectivity index (χ1v) is 8.57. The lowest BCUT2D eigenvalue weighted by Gasteiger charge is -2.33. The third kappa shape index (κ3) is 2.74. The molecule has 21 heavy (non-hydrogen) atoms. The van der Waals surface area contributed by atoms with Crippen molar-refractivity contribution in [2.45, 2.75) is 84.5 Å². The summed E-state index contributed by atoms with van der Waals surface area (Å²) < 4.78 is 0. The van der Waals surface area contributed by atoms with Crippen LogP contribution in [0.25, 0.3) is 0 Å². The Morgan fingerprint density at radius 1 is 0.810 bits per heavy atom. The van der Waals surface area contributed by atoms with Gasteiger partial charge in [-0.2, -0.15) is 0 Å². The van der Waals surface area contributed by atoms with Crippen molar-refractivity contribution in [3.63, 3.8) is 0 Å². The minimum atomic E-state index is 0.0293. The molecule has 2 aliphatic rings. The maximum absolute atomic E-state index is 5.03. The molecule has 2 unspecified atom stereocenters. The van der Waals surface area contributed by atoms with Gasteiger partial charge in [-0.3, -0.25) is 0 Å². The molecule has 1 saturated carbocycles. The Kier molecular flexibility index (Phi) is 3.42. The second-order valence-electron chi connectivity index (χ2n) is 9.18. The minimum Gasteiger partial charge on any atom is -0.237 e. The molecule has 0 amide bonds. The highest BCUT2D eigenvalue weighted by Crippen LogP contribution is 2.43. The van der Waals surface area contributed by atoms with Gasteiger partial charge in [0.15, 0.2) is 0 Å². The average molecular weight is 286 g/mol. The summed E-state index contributed by atoms with van der Waals surface area (Å²) in [4.78, 5) is 10.0. The Morgan fingerprint density at radius 3 is 2.00 bits per heavy atom. The monoisotopic (exact) mass is 286 g/mol. The molecule has 1 heterocycles. The van der Waals surface area contributed by atoms with Gasteiger partial charge in [-0.25, -0.2) is 9.97 Å². The average Bonchev–Trinajstić information content (AvgIpc) is 2.79. The van der Waals surface area contributed by atoms with E-state index in [1.807, 2.05) is 0 Å². The van der Waals surface area contributed by atoms with E-state index in [0.29, 0.717) is 0 Å². The Morgan fingerprint density at radius 2 is 1.43 bits per heavy atom. The lowest BCUT2D eigenvalue weighted by atomic mass is 9.75. The Labute approximate surface area is 129 Å². The van der Waals surface area contributed by atoms with Crippen molar-refractivity contribution in [1.82, 2.24) is 9.97 Å². The van der Waals surface area contributed by atoms with E-state index < -0.39 is 0 Å². The smallest absolute Gasteiger partial charge is 0.134 e. The van der Waals surface area contributed by atoms with Crippen LogP contribution >= 0.6 is 0 Å². The zero-order valence-corrected chi connectivity index (χ0v) is 14.6. The van der Waals surface area contributed by atoms with Crippen molar-refractivity contribution in [2.24, 2.45) is 11.8 Å². The van der Waals surface area contributed by atoms with E-state index in [4.69, 9.17) is 9.97 Å². The van der Waals surface area contributed by atoms with E-state index in [2.05, 4.69) is 41.5 Å². The summed E-state index contributed by atoms with van der Waals surface area (Å²) in [6.45, 7) is 13.6. The molecule has 0 bridgehead atoms. The number of fused-ring (bicyclic) bond motifs is 2. The van der Waals surface area contributed by atoms with Crippen LogP contribution in [0, 0.1) is 11.8 Å². The van der Waals surface area contributed by atoms with Crippen LogP contribution in [0.3, 0.4) is 0 Å². The molecule has 3 rings (SSSR count). The van der Waals surface area contributed by atoms with Crippen LogP contribution < -0.4 is 0 Å². The third-order valence-corrected chi connectivity index (χ3v) is 5.21. The lowest BCUT2D eigenvalue weighted by Crippen LogP contribution is -2.30. The summed E-state index contributed by atoms with van der Waals surface area (Å²) in [7, 11) is 0. The molecule has 1 aromatic rings. The van der Waals surface area contributed by atoms with Crippen molar-refractivity contribution in [3.8, 4) is 0 Å². The molecule has 1 fully saturated rings. The lowest BCUT2D eigenvalue weighted by molar-refractivity contribution is 0.346. The van der Waals surface area contributed by atoms with Crippen molar-refractivity contribution in [3.05, 3.63) is 22.8 Å². The highest BCUT2D eigenvalue weighted by atomic mass is 14.9. The summed E-state index contributed by atoms with van der Waals surface area (Å²) in [6, 6.07) is 0. The van der Waals surface area contributed by atoms with Crippen LogP contribution in [0.4, 0.5) is 0 Å². The number of hydrogen-bond donors (Lipinski definition) is 0. The van der Waals surface area contributed by atoms with E-state index >= 15 is 0 Å². The highest BCUT2D eigenvalue weighted by Gasteiger charge is 2.37. The van der Waals surface area contributed by atoms with Gasteiger partial charge in [0.05, 0.1) is 5.69 Å². The van der Waals surface area contributed by atoms with Crippen LogP contribution in [0.2, 0.25) is 0 Å². The Balaban J connectivity index is 2.13. The first-order chi connectivity index (χ1) is 9.66. The fourth-order valence-corrected chi connectivity index (χ4v) is 4.03. The molecule has 2 nitrogen and oxygen atoms in total. The summed E-state index contributed by atoms with van der Waals surface area (Å²) in [5, 5.41) is 0. The molecule has 0 saturated heterocycles. The SMILES string of the molecule is CC(C)(C)c1nc2c(c(C(C)(C)C)n1)CC1CCCC1C2. The van der Waals surface area contributed by atoms with Crippen molar-refractivity contribution < 1.29 is 0 Å². The number of aromatic nitrogens is 2. The molecule has 0 aromatic carbocycles. The maximum atomic E-state index is 5.03. The van der Waals surface area contributed by atoms with Crippen LogP contribution in [-0.2, 0) is 23.7 Å². The van der Waals surface area contributed by atoms with Crippen LogP contribution in [0.1, 0.15) is 83.6 Å². The van der Waals surface area contributed by atoms with Gasteiger partial charge < -0.3 is 0 Å². The molecule has 116 valence electrons. The molecular weight excluding hydrogens is 256 g/mol. The van der Waals surface area contributed by atoms with Gasteiger partial charge >= 0.3 is 0 Å². The van der Waals surface area contributed by atoms with Crippen molar-refractivity contribution in [1.29, 1.82) is 0 Å². The van der Waals surface area contributed by atoms with Crippen LogP contribution in [0.15, 0.2) is 0 Å². The van der Waals surface area contributed by atoms with Crippen LogP contribution in [-0.4, -0.2) is 9.97 Å². The third-order valence-electron chi connectivity index (χ3n) is 5.21. The summed E-state index contributed by atoms with van der Waals surface area (Å²) >= 11 is 0. The zero-order valence-electron chi connectivity index (χ0n) is 14.6. The predicted molar refractivity (Wildman–Crippen MR) is 87.7 cm³/mol. The molecule has 0 aliphatic heterocycles. The highest BCUT2D eigenvalue weighted by molar-refractivity contribution is 5.35. The number of rotatable bonds is 0. The van der Waals surface area contributed by atoms with Gasteiger partial charge in [-0.05, 0) is 43.1 Å². The van der Waals surface area contributed by atoms with Gasteiger partial charge in [0, 0.05) is 16.5 Å². The fraction of sp³-hybridized carbons (Fsp3) is 0.789. The van der Waals surface area contributed by atoms with E-state index in [9.17, 15) is 0 Å². The topological polar surface area (TPSA) is 25.8 Å². The van der Waals surface area contributed by atoms with Crippen LogP contribution in [0.5, 0.6) is 0 Å².